The standard InChI is InChI=1S/C29H41N3O4.ClH/c1-21(2)32(24-10-6-4-7-11-24)29(33)23-14-17-26(27(20-23)34-3)36-19-9-5-8-18-35-25-15-12-22(13-16-25)28(30)31;/h12-17,20-21,24H,4-11,18-19H2,1-3H3,(H3,30,31);1H. The van der Waals surface area contributed by atoms with Crippen molar-refractivity contribution in [3.8, 4) is 17.2 Å². The van der Waals surface area contributed by atoms with E-state index in [9.17, 15) is 4.79 Å². The average Bonchev–Trinajstić information content (AvgIpc) is 2.88. The maximum absolute atomic E-state index is 13.4. The molecule has 1 aliphatic carbocycles. The molecule has 0 unspecified atom stereocenters. The molecule has 0 radical (unpaired) electrons. The lowest BCUT2D eigenvalue weighted by molar-refractivity contribution is 0.0555. The number of carbonyl (C=O) groups is 1. The summed E-state index contributed by atoms with van der Waals surface area (Å²) in [5, 5.41) is 7.43. The van der Waals surface area contributed by atoms with E-state index in [2.05, 4.69) is 13.8 Å². The number of benzene rings is 2. The number of nitrogen functional groups attached to an aromatic ring is 1. The van der Waals surface area contributed by atoms with Crippen molar-refractivity contribution in [2.45, 2.75) is 77.3 Å². The summed E-state index contributed by atoms with van der Waals surface area (Å²) in [5.74, 6) is 2.14. The molecule has 2 aromatic carbocycles. The molecule has 0 aromatic heterocycles. The van der Waals surface area contributed by atoms with Crippen LogP contribution in [0.15, 0.2) is 42.5 Å². The van der Waals surface area contributed by atoms with Crippen molar-refractivity contribution in [2.24, 2.45) is 5.73 Å². The van der Waals surface area contributed by atoms with E-state index < -0.39 is 0 Å². The first kappa shape index (κ1) is 30.3. The van der Waals surface area contributed by atoms with Crippen molar-refractivity contribution in [3.05, 3.63) is 53.6 Å². The molecule has 1 aliphatic rings. The predicted octanol–water partition coefficient (Wildman–Crippen LogP) is 6.21. The smallest absolute Gasteiger partial charge is 0.254 e. The van der Waals surface area contributed by atoms with Crippen LogP contribution in [0.4, 0.5) is 0 Å². The zero-order valence-electron chi connectivity index (χ0n) is 22.3. The van der Waals surface area contributed by atoms with Gasteiger partial charge in [0.25, 0.3) is 5.91 Å². The molecule has 37 heavy (non-hydrogen) atoms. The number of amidine groups is 1. The van der Waals surface area contributed by atoms with Crippen LogP contribution >= 0.6 is 12.4 Å². The van der Waals surface area contributed by atoms with Gasteiger partial charge in [-0.15, -0.1) is 12.4 Å². The third-order valence-corrected chi connectivity index (χ3v) is 6.65. The number of nitrogens with two attached hydrogens (primary N) is 1. The topological polar surface area (TPSA) is 97.9 Å². The first-order chi connectivity index (χ1) is 17.4. The Morgan fingerprint density at radius 3 is 2.16 bits per heavy atom. The van der Waals surface area contributed by atoms with E-state index in [4.69, 9.17) is 25.4 Å². The van der Waals surface area contributed by atoms with Gasteiger partial charge in [0.2, 0.25) is 0 Å². The van der Waals surface area contributed by atoms with Crippen LogP contribution in [0.1, 0.15) is 81.1 Å². The number of halogens is 1. The molecular weight excluding hydrogens is 490 g/mol. The number of ether oxygens (including phenoxy) is 3. The first-order valence-electron chi connectivity index (χ1n) is 13.1. The van der Waals surface area contributed by atoms with Crippen LogP contribution in [0.5, 0.6) is 17.2 Å². The second kappa shape index (κ2) is 15.4. The number of rotatable bonds is 13. The zero-order valence-corrected chi connectivity index (χ0v) is 23.1. The van der Waals surface area contributed by atoms with Gasteiger partial charge >= 0.3 is 0 Å². The van der Waals surface area contributed by atoms with Crippen LogP contribution in [0.3, 0.4) is 0 Å². The molecule has 2 aromatic rings. The molecule has 204 valence electrons. The highest BCUT2D eigenvalue weighted by molar-refractivity contribution is 5.95. The summed E-state index contributed by atoms with van der Waals surface area (Å²) in [7, 11) is 1.61. The fraction of sp³-hybridized carbons (Fsp3) is 0.517. The third-order valence-electron chi connectivity index (χ3n) is 6.65. The first-order valence-corrected chi connectivity index (χ1v) is 13.1. The summed E-state index contributed by atoms with van der Waals surface area (Å²) in [6.07, 6.45) is 8.58. The summed E-state index contributed by atoms with van der Waals surface area (Å²) in [6, 6.07) is 13.2. The number of hydrogen-bond acceptors (Lipinski definition) is 5. The highest BCUT2D eigenvalue weighted by Gasteiger charge is 2.28. The minimum absolute atomic E-state index is 0. The molecule has 1 saturated carbocycles. The maximum Gasteiger partial charge on any atom is 0.254 e. The number of carbonyl (C=O) groups excluding carboxylic acids is 1. The van der Waals surface area contributed by atoms with Crippen LogP contribution in [-0.2, 0) is 0 Å². The number of nitrogens with zero attached hydrogens (tertiary/aromatic N) is 1. The molecular formula is C29H42ClN3O4. The van der Waals surface area contributed by atoms with Crippen LogP contribution in [0, 0.1) is 5.41 Å². The van der Waals surface area contributed by atoms with Gasteiger partial charge in [0.15, 0.2) is 11.5 Å². The molecule has 0 aliphatic heterocycles. The number of hydrogen-bond donors (Lipinski definition) is 2. The monoisotopic (exact) mass is 531 g/mol. The molecule has 1 fully saturated rings. The molecule has 3 rings (SSSR count). The van der Waals surface area contributed by atoms with Crippen LogP contribution in [0.25, 0.3) is 0 Å². The van der Waals surface area contributed by atoms with Gasteiger partial charge in [0.1, 0.15) is 11.6 Å². The second-order valence-electron chi connectivity index (χ2n) is 9.66. The molecule has 3 N–H and O–H groups in total. The van der Waals surface area contributed by atoms with Crippen molar-refractivity contribution in [1.29, 1.82) is 5.41 Å². The minimum Gasteiger partial charge on any atom is -0.494 e. The molecule has 0 spiro atoms. The predicted molar refractivity (Wildman–Crippen MR) is 151 cm³/mol. The average molecular weight is 532 g/mol. The SMILES string of the molecule is COc1cc(C(=O)N(C(C)C)C2CCCCC2)ccc1OCCCCCOc1ccc(C(=N)N)cc1.Cl. The Morgan fingerprint density at radius 1 is 0.946 bits per heavy atom. The van der Waals surface area contributed by atoms with Crippen LogP contribution < -0.4 is 19.9 Å². The summed E-state index contributed by atoms with van der Waals surface area (Å²) in [6.45, 7) is 5.37. The highest BCUT2D eigenvalue weighted by atomic mass is 35.5. The van der Waals surface area contributed by atoms with Crippen LogP contribution in [-0.4, -0.2) is 49.0 Å². The van der Waals surface area contributed by atoms with Gasteiger partial charge in [-0.05, 0) is 88.4 Å². The summed E-state index contributed by atoms with van der Waals surface area (Å²) in [5.41, 5.74) is 6.80. The van der Waals surface area contributed by atoms with E-state index in [1.165, 1.54) is 19.3 Å². The van der Waals surface area contributed by atoms with Gasteiger partial charge < -0.3 is 24.8 Å². The third kappa shape index (κ3) is 8.85. The Kier molecular flexibility index (Phi) is 12.6. The molecule has 1 amide bonds. The Balaban J connectivity index is 0.00000481. The molecule has 7 nitrogen and oxygen atoms in total. The summed E-state index contributed by atoms with van der Waals surface area (Å²) in [4.78, 5) is 15.4. The number of nitrogens with one attached hydrogen (secondary N) is 1. The van der Waals surface area contributed by atoms with Crippen molar-refractivity contribution >= 4 is 24.1 Å². The lowest BCUT2D eigenvalue weighted by atomic mass is 9.92. The van der Waals surface area contributed by atoms with Gasteiger partial charge in [0, 0.05) is 23.2 Å². The normalized spacial score (nSPS) is 13.5. The van der Waals surface area contributed by atoms with Gasteiger partial charge in [0.05, 0.1) is 20.3 Å². The Hall–Kier alpha value is -2.93. The van der Waals surface area contributed by atoms with E-state index in [-0.39, 0.29) is 30.2 Å². The fourth-order valence-electron chi connectivity index (χ4n) is 4.73. The number of methoxy groups -OCH3 is 1. The lowest BCUT2D eigenvalue weighted by Gasteiger charge is -2.37. The van der Waals surface area contributed by atoms with Gasteiger partial charge in [-0.1, -0.05) is 19.3 Å². The molecule has 8 heteroatoms. The fourth-order valence-corrected chi connectivity index (χ4v) is 4.73. The molecule has 0 bridgehead atoms. The van der Waals surface area contributed by atoms with E-state index in [0.717, 1.165) is 37.9 Å². The Bertz CT molecular complexity index is 991. The van der Waals surface area contributed by atoms with Gasteiger partial charge in [-0.3, -0.25) is 10.2 Å². The van der Waals surface area contributed by atoms with Crippen molar-refractivity contribution in [2.75, 3.05) is 20.3 Å². The van der Waals surface area contributed by atoms with E-state index in [0.29, 0.717) is 41.9 Å². The van der Waals surface area contributed by atoms with Crippen molar-refractivity contribution < 1.29 is 19.0 Å². The highest BCUT2D eigenvalue weighted by Crippen LogP contribution is 2.31. The molecule has 0 heterocycles. The van der Waals surface area contributed by atoms with Crippen LogP contribution in [0.2, 0.25) is 0 Å². The summed E-state index contributed by atoms with van der Waals surface area (Å²) < 4.78 is 17.3. The van der Waals surface area contributed by atoms with E-state index in [1.807, 2.05) is 29.2 Å². The number of amides is 1. The van der Waals surface area contributed by atoms with E-state index in [1.54, 1.807) is 25.3 Å². The lowest BCUT2D eigenvalue weighted by Crippen LogP contribution is -2.45. The van der Waals surface area contributed by atoms with Crippen molar-refractivity contribution in [1.82, 2.24) is 4.90 Å². The largest absolute Gasteiger partial charge is 0.494 e. The zero-order chi connectivity index (χ0) is 25.9. The molecule has 0 saturated heterocycles. The number of unbranched alkanes of at least 4 members (excludes halogenated alkanes) is 2. The van der Waals surface area contributed by atoms with Gasteiger partial charge in [-0.25, -0.2) is 0 Å². The van der Waals surface area contributed by atoms with E-state index >= 15 is 0 Å². The van der Waals surface area contributed by atoms with Gasteiger partial charge in [-0.2, -0.15) is 0 Å². The quantitative estimate of drug-likeness (QED) is 0.182. The Morgan fingerprint density at radius 2 is 1.57 bits per heavy atom. The summed E-state index contributed by atoms with van der Waals surface area (Å²) >= 11 is 0. The van der Waals surface area contributed by atoms with Crippen molar-refractivity contribution in [3.63, 3.8) is 0 Å². The second-order valence-corrected chi connectivity index (χ2v) is 9.66. The maximum atomic E-state index is 13.4. The Labute approximate surface area is 227 Å². The minimum atomic E-state index is 0. The molecule has 0 atom stereocenters.